The van der Waals surface area contributed by atoms with Crippen LogP contribution >= 0.6 is 11.6 Å². The van der Waals surface area contributed by atoms with Gasteiger partial charge in [0.05, 0.1) is 0 Å². The number of fused-ring (bicyclic) bond motifs is 1. The molecule has 0 saturated carbocycles. The normalized spacial score (nSPS) is 12.8. The van der Waals surface area contributed by atoms with Crippen LogP contribution in [0.1, 0.15) is 17.5 Å². The molecule has 1 heterocycles. The highest BCUT2D eigenvalue weighted by atomic mass is 35.5. The van der Waals surface area contributed by atoms with Gasteiger partial charge in [0.2, 0.25) is 5.91 Å². The van der Waals surface area contributed by atoms with Gasteiger partial charge in [0, 0.05) is 17.1 Å². The minimum atomic E-state index is -0.0418. The molecule has 0 unspecified atom stereocenters. The van der Waals surface area contributed by atoms with Crippen molar-refractivity contribution < 1.29 is 14.3 Å². The Morgan fingerprint density at radius 2 is 1.91 bits per heavy atom. The van der Waals surface area contributed by atoms with Gasteiger partial charge in [-0.1, -0.05) is 23.7 Å². The van der Waals surface area contributed by atoms with Gasteiger partial charge in [0.25, 0.3) is 0 Å². The van der Waals surface area contributed by atoms with Crippen LogP contribution in [-0.2, 0) is 11.2 Å². The summed E-state index contributed by atoms with van der Waals surface area (Å²) in [5.74, 6) is 1.47. The summed E-state index contributed by atoms with van der Waals surface area (Å²) >= 11 is 6.06. The monoisotopic (exact) mass is 331 g/mol. The SMILES string of the molecule is Cc1ccc(NC(=O)CCc2ccc3c(c2)OCCO3)cc1Cl. The first-order valence-corrected chi connectivity index (χ1v) is 7.94. The van der Waals surface area contributed by atoms with Crippen molar-refractivity contribution in [2.45, 2.75) is 19.8 Å². The van der Waals surface area contributed by atoms with E-state index in [2.05, 4.69) is 5.32 Å². The van der Waals surface area contributed by atoms with E-state index < -0.39 is 0 Å². The Labute approximate surface area is 140 Å². The molecule has 2 aromatic rings. The summed E-state index contributed by atoms with van der Waals surface area (Å²) in [7, 11) is 0. The van der Waals surface area contributed by atoms with Gasteiger partial charge in [-0.15, -0.1) is 0 Å². The number of benzene rings is 2. The van der Waals surface area contributed by atoms with Crippen LogP contribution in [0.15, 0.2) is 36.4 Å². The molecule has 1 amide bonds. The Balaban J connectivity index is 1.57. The predicted octanol–water partition coefficient (Wildman–Crippen LogP) is 3.99. The van der Waals surface area contributed by atoms with Crippen LogP contribution in [0.4, 0.5) is 5.69 Å². The molecule has 120 valence electrons. The zero-order valence-electron chi connectivity index (χ0n) is 12.9. The van der Waals surface area contributed by atoms with Crippen molar-refractivity contribution in [1.82, 2.24) is 0 Å². The molecule has 23 heavy (non-hydrogen) atoms. The van der Waals surface area contributed by atoms with Crippen LogP contribution < -0.4 is 14.8 Å². The molecule has 3 rings (SSSR count). The summed E-state index contributed by atoms with van der Waals surface area (Å²) in [4.78, 5) is 12.1. The zero-order chi connectivity index (χ0) is 16.2. The van der Waals surface area contributed by atoms with E-state index in [1.807, 2.05) is 37.3 Å². The quantitative estimate of drug-likeness (QED) is 0.921. The van der Waals surface area contributed by atoms with Crippen LogP contribution in [0.25, 0.3) is 0 Å². The Kier molecular flexibility index (Phi) is 4.72. The number of aryl methyl sites for hydroxylation is 2. The smallest absolute Gasteiger partial charge is 0.224 e. The Hall–Kier alpha value is -2.20. The first-order valence-electron chi connectivity index (χ1n) is 7.56. The third kappa shape index (κ3) is 3.96. The maximum Gasteiger partial charge on any atom is 0.224 e. The zero-order valence-corrected chi connectivity index (χ0v) is 13.7. The number of rotatable bonds is 4. The summed E-state index contributed by atoms with van der Waals surface area (Å²) in [5, 5.41) is 3.51. The number of anilines is 1. The summed E-state index contributed by atoms with van der Waals surface area (Å²) in [6.45, 7) is 3.06. The maximum atomic E-state index is 12.1. The fourth-order valence-electron chi connectivity index (χ4n) is 2.40. The third-order valence-electron chi connectivity index (χ3n) is 3.70. The van der Waals surface area contributed by atoms with E-state index in [1.165, 1.54) is 0 Å². The molecule has 5 heteroatoms. The van der Waals surface area contributed by atoms with E-state index in [0.29, 0.717) is 36.8 Å². The Morgan fingerprint density at radius 3 is 2.70 bits per heavy atom. The molecule has 1 aliphatic rings. The molecule has 0 aliphatic carbocycles. The first-order chi connectivity index (χ1) is 11.1. The van der Waals surface area contributed by atoms with Crippen LogP contribution in [0.3, 0.4) is 0 Å². The van der Waals surface area contributed by atoms with E-state index >= 15 is 0 Å². The molecule has 2 aromatic carbocycles. The standard InChI is InChI=1S/C18H18ClNO3/c1-12-2-5-14(11-15(12)19)20-18(21)7-4-13-3-6-16-17(10-13)23-9-8-22-16/h2-3,5-6,10-11H,4,7-9H2,1H3,(H,20,21). The topological polar surface area (TPSA) is 47.6 Å². The number of nitrogens with one attached hydrogen (secondary N) is 1. The van der Waals surface area contributed by atoms with Crippen LogP contribution in [0.5, 0.6) is 11.5 Å². The van der Waals surface area contributed by atoms with Crippen molar-refractivity contribution in [2.75, 3.05) is 18.5 Å². The van der Waals surface area contributed by atoms with Crippen molar-refractivity contribution >= 4 is 23.2 Å². The van der Waals surface area contributed by atoms with Gasteiger partial charge in [-0.2, -0.15) is 0 Å². The lowest BCUT2D eigenvalue weighted by Crippen LogP contribution is -2.15. The minimum absolute atomic E-state index is 0.0418. The fourth-order valence-corrected chi connectivity index (χ4v) is 2.58. The fraction of sp³-hybridized carbons (Fsp3) is 0.278. The Morgan fingerprint density at radius 1 is 1.13 bits per heavy atom. The predicted molar refractivity (Wildman–Crippen MR) is 90.6 cm³/mol. The van der Waals surface area contributed by atoms with E-state index in [9.17, 15) is 4.79 Å². The number of carbonyl (C=O) groups excluding carboxylic acids is 1. The molecular weight excluding hydrogens is 314 g/mol. The number of hydrogen-bond acceptors (Lipinski definition) is 3. The molecular formula is C18H18ClNO3. The average molecular weight is 332 g/mol. The maximum absolute atomic E-state index is 12.1. The number of amides is 1. The summed E-state index contributed by atoms with van der Waals surface area (Å²) < 4.78 is 11.0. The van der Waals surface area contributed by atoms with Crippen molar-refractivity contribution in [3.05, 3.63) is 52.5 Å². The van der Waals surface area contributed by atoms with Crippen molar-refractivity contribution in [3.8, 4) is 11.5 Å². The first kappa shape index (κ1) is 15.7. The highest BCUT2D eigenvalue weighted by Crippen LogP contribution is 2.31. The molecule has 0 fully saturated rings. The van der Waals surface area contributed by atoms with Crippen LogP contribution in [0.2, 0.25) is 5.02 Å². The highest BCUT2D eigenvalue weighted by Gasteiger charge is 2.12. The van der Waals surface area contributed by atoms with Crippen LogP contribution in [-0.4, -0.2) is 19.1 Å². The molecule has 0 saturated heterocycles. The number of halogens is 1. The van der Waals surface area contributed by atoms with Gasteiger partial charge in [-0.25, -0.2) is 0 Å². The third-order valence-corrected chi connectivity index (χ3v) is 4.11. The molecule has 4 nitrogen and oxygen atoms in total. The van der Waals surface area contributed by atoms with E-state index in [-0.39, 0.29) is 5.91 Å². The summed E-state index contributed by atoms with van der Waals surface area (Å²) in [6, 6.07) is 11.3. The molecule has 0 atom stereocenters. The molecule has 1 aliphatic heterocycles. The molecule has 1 N–H and O–H groups in total. The van der Waals surface area contributed by atoms with Gasteiger partial charge in [-0.3, -0.25) is 4.79 Å². The molecule has 0 bridgehead atoms. The van der Waals surface area contributed by atoms with Crippen LogP contribution in [0, 0.1) is 6.92 Å². The van der Waals surface area contributed by atoms with E-state index in [1.54, 1.807) is 6.07 Å². The van der Waals surface area contributed by atoms with E-state index in [0.717, 1.165) is 22.6 Å². The van der Waals surface area contributed by atoms with E-state index in [4.69, 9.17) is 21.1 Å². The van der Waals surface area contributed by atoms with Crippen molar-refractivity contribution in [3.63, 3.8) is 0 Å². The Bertz CT molecular complexity index is 730. The van der Waals surface area contributed by atoms with Gasteiger partial charge in [0.1, 0.15) is 13.2 Å². The molecule has 0 spiro atoms. The summed E-state index contributed by atoms with van der Waals surface area (Å²) in [5.41, 5.74) is 2.75. The van der Waals surface area contributed by atoms with Crippen molar-refractivity contribution in [2.24, 2.45) is 0 Å². The van der Waals surface area contributed by atoms with Gasteiger partial charge in [0.15, 0.2) is 11.5 Å². The minimum Gasteiger partial charge on any atom is -0.486 e. The van der Waals surface area contributed by atoms with Gasteiger partial charge >= 0.3 is 0 Å². The number of ether oxygens (including phenoxy) is 2. The number of hydrogen-bond donors (Lipinski definition) is 1. The lowest BCUT2D eigenvalue weighted by Gasteiger charge is -2.18. The van der Waals surface area contributed by atoms with Gasteiger partial charge < -0.3 is 14.8 Å². The molecule has 0 aromatic heterocycles. The van der Waals surface area contributed by atoms with Gasteiger partial charge in [-0.05, 0) is 48.7 Å². The highest BCUT2D eigenvalue weighted by molar-refractivity contribution is 6.31. The largest absolute Gasteiger partial charge is 0.486 e. The number of carbonyl (C=O) groups is 1. The second kappa shape index (κ2) is 6.92. The average Bonchev–Trinajstić information content (AvgIpc) is 2.56. The lowest BCUT2D eigenvalue weighted by atomic mass is 10.1. The molecule has 0 radical (unpaired) electrons. The summed E-state index contributed by atoms with van der Waals surface area (Å²) in [6.07, 6.45) is 1.03. The second-order valence-electron chi connectivity index (χ2n) is 5.49. The lowest BCUT2D eigenvalue weighted by molar-refractivity contribution is -0.116. The second-order valence-corrected chi connectivity index (χ2v) is 5.90. The van der Waals surface area contributed by atoms with Crippen molar-refractivity contribution in [1.29, 1.82) is 0 Å².